The number of benzene rings is 3. The molecule has 2 aliphatic rings. The van der Waals surface area contributed by atoms with Gasteiger partial charge in [-0.25, -0.2) is 0 Å². The minimum atomic E-state index is -0.315. The van der Waals surface area contributed by atoms with Gasteiger partial charge in [-0.2, -0.15) is 0 Å². The lowest BCUT2D eigenvalue weighted by Gasteiger charge is -2.38. The molecule has 2 fully saturated rings. The molecule has 0 aliphatic carbocycles. The second-order valence-electron chi connectivity index (χ2n) is 9.77. The maximum absolute atomic E-state index is 13.9. The van der Waals surface area contributed by atoms with E-state index in [4.69, 9.17) is 16.3 Å². The van der Waals surface area contributed by atoms with E-state index < -0.39 is 0 Å². The number of piperazine rings is 1. The number of likely N-dealkylation sites (tertiary alicyclic amines) is 1. The van der Waals surface area contributed by atoms with Crippen LogP contribution in [0.2, 0.25) is 5.02 Å². The molecule has 3 aromatic carbocycles. The lowest BCUT2D eigenvalue weighted by Crippen LogP contribution is -2.51. The monoisotopic (exact) mass is 517 g/mol. The van der Waals surface area contributed by atoms with Crippen molar-refractivity contribution in [3.63, 3.8) is 0 Å². The minimum Gasteiger partial charge on any atom is -0.497 e. The van der Waals surface area contributed by atoms with E-state index in [1.165, 1.54) is 11.3 Å². The Balaban J connectivity index is 1.35. The van der Waals surface area contributed by atoms with Crippen molar-refractivity contribution in [1.29, 1.82) is 0 Å². The molecule has 0 unspecified atom stereocenters. The number of aryl methyl sites for hydroxylation is 1. The van der Waals surface area contributed by atoms with Crippen molar-refractivity contribution in [2.75, 3.05) is 51.3 Å². The molecule has 0 bridgehead atoms. The fourth-order valence-electron chi connectivity index (χ4n) is 5.53. The van der Waals surface area contributed by atoms with Crippen LogP contribution in [0.3, 0.4) is 0 Å². The smallest absolute Gasteiger partial charge is 0.255 e. The number of hydrogen-bond donors (Lipinski definition) is 0. The second-order valence-corrected chi connectivity index (χ2v) is 10.2. The molecule has 0 N–H and O–H groups in total. The number of anilines is 1. The van der Waals surface area contributed by atoms with Crippen LogP contribution in [0.1, 0.15) is 27.4 Å². The van der Waals surface area contributed by atoms with Crippen molar-refractivity contribution in [3.05, 3.63) is 94.5 Å². The van der Waals surface area contributed by atoms with E-state index in [0.29, 0.717) is 36.8 Å². The molecule has 2 saturated heterocycles. The average Bonchev–Trinajstić information content (AvgIpc) is 3.38. The van der Waals surface area contributed by atoms with Crippen LogP contribution in [0.5, 0.6) is 5.75 Å². The Kier molecular flexibility index (Phi) is 7.38. The zero-order valence-corrected chi connectivity index (χ0v) is 22.0. The summed E-state index contributed by atoms with van der Waals surface area (Å²) in [6.45, 7) is 5.87. The van der Waals surface area contributed by atoms with Gasteiger partial charge in [0, 0.05) is 50.9 Å². The molecule has 3 aromatic rings. The molecular weight excluding hydrogens is 486 g/mol. The number of amides is 2. The van der Waals surface area contributed by atoms with E-state index in [2.05, 4.69) is 30.0 Å². The van der Waals surface area contributed by atoms with Gasteiger partial charge in [0.25, 0.3) is 5.91 Å². The van der Waals surface area contributed by atoms with Gasteiger partial charge in [0.1, 0.15) is 5.75 Å². The lowest BCUT2D eigenvalue weighted by atomic mass is 9.87. The molecule has 192 valence electrons. The predicted molar refractivity (Wildman–Crippen MR) is 147 cm³/mol. The van der Waals surface area contributed by atoms with Gasteiger partial charge in [0.15, 0.2) is 0 Å². The van der Waals surface area contributed by atoms with Crippen molar-refractivity contribution < 1.29 is 14.3 Å². The first-order chi connectivity index (χ1) is 18.0. The predicted octanol–water partition coefficient (Wildman–Crippen LogP) is 4.86. The zero-order chi connectivity index (χ0) is 25.9. The van der Waals surface area contributed by atoms with Gasteiger partial charge >= 0.3 is 0 Å². The zero-order valence-electron chi connectivity index (χ0n) is 21.3. The molecule has 37 heavy (non-hydrogen) atoms. The SMILES string of the molecule is COc1ccc([C@@H]2CN(C(=O)c3ccccc3Cl)C[C@@H]2C(=O)N2CCN(c3ccccc3C)CC2)cc1. The fraction of sp³-hybridized carbons (Fsp3) is 0.333. The maximum atomic E-state index is 13.9. The standard InChI is InChI=1S/C30H32ClN3O3/c1-21-7-3-6-10-28(21)32-15-17-33(18-16-32)30(36)26-20-34(29(35)24-8-4-5-9-27(24)31)19-25(26)22-11-13-23(37-2)14-12-22/h3-14,25-26H,15-20H2,1-2H3/t25-,26-/m0/s1. The molecule has 2 atom stereocenters. The van der Waals surface area contributed by atoms with E-state index in [-0.39, 0.29) is 23.7 Å². The number of para-hydroxylation sites is 1. The summed E-state index contributed by atoms with van der Waals surface area (Å²) in [7, 11) is 1.64. The Hall–Kier alpha value is -3.51. The third-order valence-electron chi connectivity index (χ3n) is 7.62. The Bertz CT molecular complexity index is 1270. The Morgan fingerprint density at radius 3 is 2.19 bits per heavy atom. The molecule has 0 radical (unpaired) electrons. The van der Waals surface area contributed by atoms with E-state index in [1.807, 2.05) is 47.4 Å². The van der Waals surface area contributed by atoms with Crippen LogP contribution < -0.4 is 9.64 Å². The quantitative estimate of drug-likeness (QED) is 0.485. The number of hydrogen-bond acceptors (Lipinski definition) is 4. The molecule has 5 rings (SSSR count). The summed E-state index contributed by atoms with van der Waals surface area (Å²) >= 11 is 6.34. The van der Waals surface area contributed by atoms with Crippen LogP contribution in [-0.4, -0.2) is 68.0 Å². The van der Waals surface area contributed by atoms with Crippen LogP contribution in [0, 0.1) is 12.8 Å². The normalized spacial score (nSPS) is 19.7. The lowest BCUT2D eigenvalue weighted by molar-refractivity contribution is -0.135. The molecule has 0 spiro atoms. The molecule has 2 heterocycles. The molecule has 2 amide bonds. The van der Waals surface area contributed by atoms with Crippen molar-refractivity contribution in [2.24, 2.45) is 5.92 Å². The number of nitrogens with zero attached hydrogens (tertiary/aromatic N) is 3. The molecular formula is C30H32ClN3O3. The fourth-order valence-corrected chi connectivity index (χ4v) is 5.75. The van der Waals surface area contributed by atoms with Gasteiger partial charge < -0.3 is 19.4 Å². The Morgan fingerprint density at radius 1 is 0.838 bits per heavy atom. The summed E-state index contributed by atoms with van der Waals surface area (Å²) in [5.41, 5.74) is 3.97. The van der Waals surface area contributed by atoms with Crippen molar-refractivity contribution in [2.45, 2.75) is 12.8 Å². The van der Waals surface area contributed by atoms with Crippen LogP contribution in [0.25, 0.3) is 0 Å². The van der Waals surface area contributed by atoms with Gasteiger partial charge in [-0.3, -0.25) is 9.59 Å². The van der Waals surface area contributed by atoms with Crippen LogP contribution in [0.15, 0.2) is 72.8 Å². The number of methoxy groups -OCH3 is 1. The van der Waals surface area contributed by atoms with Crippen LogP contribution in [-0.2, 0) is 4.79 Å². The highest BCUT2D eigenvalue weighted by Crippen LogP contribution is 2.36. The second kappa shape index (κ2) is 10.9. The first-order valence-electron chi connectivity index (χ1n) is 12.7. The Morgan fingerprint density at radius 2 is 1.51 bits per heavy atom. The maximum Gasteiger partial charge on any atom is 0.255 e. The van der Waals surface area contributed by atoms with Crippen molar-refractivity contribution in [3.8, 4) is 5.75 Å². The summed E-state index contributed by atoms with van der Waals surface area (Å²) in [6.07, 6.45) is 0. The number of ether oxygens (including phenoxy) is 1. The summed E-state index contributed by atoms with van der Waals surface area (Å²) in [6, 6.07) is 23.3. The van der Waals surface area contributed by atoms with Gasteiger partial charge in [-0.15, -0.1) is 0 Å². The number of carbonyl (C=O) groups is 2. The van der Waals surface area contributed by atoms with Crippen LogP contribution in [0.4, 0.5) is 5.69 Å². The number of carbonyl (C=O) groups excluding carboxylic acids is 2. The summed E-state index contributed by atoms with van der Waals surface area (Å²) < 4.78 is 5.33. The minimum absolute atomic E-state index is 0.0979. The molecule has 0 aromatic heterocycles. The first-order valence-corrected chi connectivity index (χ1v) is 13.1. The highest BCUT2D eigenvalue weighted by atomic mass is 35.5. The number of halogens is 1. The van der Waals surface area contributed by atoms with E-state index >= 15 is 0 Å². The van der Waals surface area contributed by atoms with Gasteiger partial charge in [-0.1, -0.05) is 54.1 Å². The van der Waals surface area contributed by atoms with Crippen molar-refractivity contribution >= 4 is 29.1 Å². The van der Waals surface area contributed by atoms with Crippen LogP contribution >= 0.6 is 11.6 Å². The average molecular weight is 518 g/mol. The van der Waals surface area contributed by atoms with E-state index in [0.717, 1.165) is 24.4 Å². The first kappa shape index (κ1) is 25.2. The number of rotatable bonds is 5. The molecule has 0 saturated carbocycles. The van der Waals surface area contributed by atoms with E-state index in [1.54, 1.807) is 24.1 Å². The van der Waals surface area contributed by atoms with E-state index in [9.17, 15) is 9.59 Å². The summed E-state index contributed by atoms with van der Waals surface area (Å²) in [4.78, 5) is 33.4. The van der Waals surface area contributed by atoms with Crippen molar-refractivity contribution in [1.82, 2.24) is 9.80 Å². The van der Waals surface area contributed by atoms with Gasteiger partial charge in [-0.05, 0) is 48.4 Å². The highest BCUT2D eigenvalue weighted by Gasteiger charge is 2.43. The molecule has 6 nitrogen and oxygen atoms in total. The molecule has 2 aliphatic heterocycles. The largest absolute Gasteiger partial charge is 0.497 e. The highest BCUT2D eigenvalue weighted by molar-refractivity contribution is 6.33. The van der Waals surface area contributed by atoms with Gasteiger partial charge in [0.2, 0.25) is 5.91 Å². The Labute approximate surface area is 223 Å². The topological polar surface area (TPSA) is 53.1 Å². The third kappa shape index (κ3) is 5.16. The summed E-state index contributed by atoms with van der Waals surface area (Å²) in [5.74, 6) is 0.327. The third-order valence-corrected chi connectivity index (χ3v) is 7.95. The summed E-state index contributed by atoms with van der Waals surface area (Å²) in [5, 5.41) is 0.426. The molecule has 7 heteroatoms. The van der Waals surface area contributed by atoms with Gasteiger partial charge in [0.05, 0.1) is 23.6 Å².